The highest BCUT2D eigenvalue weighted by Crippen LogP contribution is 2.27. The van der Waals surface area contributed by atoms with Gasteiger partial charge in [0.2, 0.25) is 0 Å². The molecule has 0 bridgehead atoms. The topological polar surface area (TPSA) is 26.3 Å². The normalized spacial score (nSPS) is 10.3. The van der Waals surface area contributed by atoms with Gasteiger partial charge in [-0.2, -0.15) is 0 Å². The summed E-state index contributed by atoms with van der Waals surface area (Å²) in [5.74, 6) is -2.30. The third kappa shape index (κ3) is 2.58. The van der Waals surface area contributed by atoms with Crippen LogP contribution in [0, 0.1) is 11.6 Å². The van der Waals surface area contributed by atoms with Crippen molar-refractivity contribution in [2.75, 3.05) is 7.11 Å². The summed E-state index contributed by atoms with van der Waals surface area (Å²) in [6.45, 7) is 0. The van der Waals surface area contributed by atoms with Crippen LogP contribution in [-0.2, 0) is 0 Å². The van der Waals surface area contributed by atoms with Gasteiger partial charge in [-0.3, -0.25) is 4.79 Å². The van der Waals surface area contributed by atoms with Crippen LogP contribution in [0.3, 0.4) is 0 Å². The van der Waals surface area contributed by atoms with Gasteiger partial charge in [0.15, 0.2) is 5.78 Å². The number of methoxy groups -OCH3 is 1. The molecule has 2 nitrogen and oxygen atoms in total. The minimum Gasteiger partial charge on any atom is -0.495 e. The average Bonchev–Trinajstić information content (AvgIpc) is 2.39. The van der Waals surface area contributed by atoms with Gasteiger partial charge in [0.05, 0.1) is 17.7 Å². The summed E-state index contributed by atoms with van der Waals surface area (Å²) in [6, 6.07) is 7.43. The number of carbonyl (C=O) groups is 1. The van der Waals surface area contributed by atoms with E-state index in [0.29, 0.717) is 5.02 Å². The molecule has 98 valence electrons. The zero-order chi connectivity index (χ0) is 14.0. The number of ketones is 1. The molecule has 0 saturated carbocycles. The maximum atomic E-state index is 13.5. The predicted octanol–water partition coefficient (Wildman–Crippen LogP) is 3.86. The highest BCUT2D eigenvalue weighted by molar-refractivity contribution is 6.32. The van der Waals surface area contributed by atoms with Crippen molar-refractivity contribution in [3.05, 3.63) is 64.2 Å². The van der Waals surface area contributed by atoms with E-state index >= 15 is 0 Å². The molecule has 5 heteroatoms. The van der Waals surface area contributed by atoms with Crippen molar-refractivity contribution in [1.82, 2.24) is 0 Å². The Morgan fingerprint density at radius 1 is 1.16 bits per heavy atom. The zero-order valence-corrected chi connectivity index (χ0v) is 10.7. The fourth-order valence-corrected chi connectivity index (χ4v) is 1.85. The summed E-state index contributed by atoms with van der Waals surface area (Å²) in [4.78, 5) is 12.1. The molecule has 0 aliphatic heterocycles. The molecule has 0 fully saturated rings. The molecule has 0 heterocycles. The van der Waals surface area contributed by atoms with E-state index in [1.807, 2.05) is 0 Å². The van der Waals surface area contributed by atoms with Crippen LogP contribution in [0.4, 0.5) is 8.78 Å². The van der Waals surface area contributed by atoms with Crippen LogP contribution in [-0.4, -0.2) is 12.9 Å². The molecule has 2 aromatic rings. The maximum Gasteiger partial charge on any atom is 0.199 e. The van der Waals surface area contributed by atoms with Crippen LogP contribution in [0.15, 0.2) is 36.4 Å². The van der Waals surface area contributed by atoms with Crippen molar-refractivity contribution < 1.29 is 18.3 Å². The number of benzene rings is 2. The van der Waals surface area contributed by atoms with Crippen molar-refractivity contribution >= 4 is 17.4 Å². The highest BCUT2D eigenvalue weighted by atomic mass is 35.5. The van der Waals surface area contributed by atoms with Gasteiger partial charge in [0.25, 0.3) is 0 Å². The number of hydrogen-bond donors (Lipinski definition) is 0. The number of carbonyl (C=O) groups excluding carboxylic acids is 1. The number of halogens is 3. The lowest BCUT2D eigenvalue weighted by Gasteiger charge is -2.07. The Hall–Kier alpha value is -1.94. The van der Waals surface area contributed by atoms with E-state index in [2.05, 4.69) is 0 Å². The van der Waals surface area contributed by atoms with Crippen molar-refractivity contribution in [3.63, 3.8) is 0 Å². The third-order valence-electron chi connectivity index (χ3n) is 2.60. The summed E-state index contributed by atoms with van der Waals surface area (Å²) in [7, 11) is 1.39. The summed E-state index contributed by atoms with van der Waals surface area (Å²) in [6.07, 6.45) is 0. The maximum absolute atomic E-state index is 13.5. The van der Waals surface area contributed by atoms with Gasteiger partial charge >= 0.3 is 0 Å². The Kier molecular flexibility index (Phi) is 3.81. The quantitative estimate of drug-likeness (QED) is 0.799. The Morgan fingerprint density at radius 2 is 1.79 bits per heavy atom. The van der Waals surface area contributed by atoms with Crippen molar-refractivity contribution in [3.8, 4) is 5.75 Å². The minimum atomic E-state index is -0.904. The van der Waals surface area contributed by atoms with Crippen LogP contribution >= 0.6 is 11.6 Å². The van der Waals surface area contributed by atoms with E-state index in [1.54, 1.807) is 0 Å². The van der Waals surface area contributed by atoms with Gasteiger partial charge in [0, 0.05) is 5.56 Å². The van der Waals surface area contributed by atoms with Crippen LogP contribution in [0.1, 0.15) is 15.9 Å². The second-order valence-corrected chi connectivity index (χ2v) is 4.18. The van der Waals surface area contributed by atoms with E-state index in [1.165, 1.54) is 31.4 Å². The molecule has 0 N–H and O–H groups in total. The Balaban J connectivity index is 2.50. The van der Waals surface area contributed by atoms with Gasteiger partial charge in [-0.15, -0.1) is 0 Å². The van der Waals surface area contributed by atoms with Crippen molar-refractivity contribution in [2.45, 2.75) is 0 Å². The standard InChI is InChI=1S/C14H9ClF2O2/c1-19-12-7-8(5-6-9(12)15)14(18)13-10(16)3-2-4-11(13)17/h2-7H,1H3. The Labute approximate surface area is 113 Å². The first kappa shape index (κ1) is 13.5. The molecule has 0 aliphatic rings. The van der Waals surface area contributed by atoms with Crippen LogP contribution in [0.5, 0.6) is 5.75 Å². The van der Waals surface area contributed by atoms with Gasteiger partial charge in [-0.05, 0) is 30.3 Å². The van der Waals surface area contributed by atoms with E-state index in [9.17, 15) is 13.6 Å². The van der Waals surface area contributed by atoms with E-state index in [-0.39, 0.29) is 11.3 Å². The predicted molar refractivity (Wildman–Crippen MR) is 67.8 cm³/mol. The first-order valence-electron chi connectivity index (χ1n) is 5.37. The Morgan fingerprint density at radius 3 is 2.37 bits per heavy atom. The van der Waals surface area contributed by atoms with Crippen LogP contribution in [0.2, 0.25) is 5.02 Å². The summed E-state index contributed by atoms with van der Waals surface area (Å²) >= 11 is 5.83. The van der Waals surface area contributed by atoms with E-state index < -0.39 is 23.0 Å². The van der Waals surface area contributed by atoms with E-state index in [4.69, 9.17) is 16.3 Å². The van der Waals surface area contributed by atoms with Gasteiger partial charge < -0.3 is 4.74 Å². The molecular weight excluding hydrogens is 274 g/mol. The molecular formula is C14H9ClF2O2. The lowest BCUT2D eigenvalue weighted by Crippen LogP contribution is -2.07. The van der Waals surface area contributed by atoms with E-state index in [0.717, 1.165) is 12.1 Å². The molecule has 2 aromatic carbocycles. The van der Waals surface area contributed by atoms with Crippen LogP contribution in [0.25, 0.3) is 0 Å². The second kappa shape index (κ2) is 5.36. The first-order valence-corrected chi connectivity index (χ1v) is 5.74. The molecule has 0 unspecified atom stereocenters. The Bertz CT molecular complexity index is 621. The SMILES string of the molecule is COc1cc(C(=O)c2c(F)cccc2F)ccc1Cl. The van der Waals surface area contributed by atoms with Crippen molar-refractivity contribution in [1.29, 1.82) is 0 Å². The zero-order valence-electron chi connectivity index (χ0n) is 9.91. The summed E-state index contributed by atoms with van der Waals surface area (Å²) in [5.41, 5.74) is -0.489. The van der Waals surface area contributed by atoms with Gasteiger partial charge in [-0.1, -0.05) is 17.7 Å². The second-order valence-electron chi connectivity index (χ2n) is 3.78. The summed E-state index contributed by atoms with van der Waals surface area (Å²) < 4.78 is 32.0. The number of hydrogen-bond acceptors (Lipinski definition) is 2. The lowest BCUT2D eigenvalue weighted by atomic mass is 10.0. The molecule has 0 radical (unpaired) electrons. The third-order valence-corrected chi connectivity index (χ3v) is 2.92. The number of rotatable bonds is 3. The molecule has 19 heavy (non-hydrogen) atoms. The molecule has 0 amide bonds. The smallest absolute Gasteiger partial charge is 0.199 e. The average molecular weight is 283 g/mol. The molecule has 0 atom stereocenters. The van der Waals surface area contributed by atoms with Crippen molar-refractivity contribution in [2.24, 2.45) is 0 Å². The largest absolute Gasteiger partial charge is 0.495 e. The number of ether oxygens (including phenoxy) is 1. The van der Waals surface area contributed by atoms with Crippen LogP contribution < -0.4 is 4.74 Å². The fraction of sp³-hybridized carbons (Fsp3) is 0.0714. The molecule has 2 rings (SSSR count). The van der Waals surface area contributed by atoms with Gasteiger partial charge in [-0.25, -0.2) is 8.78 Å². The molecule has 0 spiro atoms. The van der Waals surface area contributed by atoms with Gasteiger partial charge in [0.1, 0.15) is 17.4 Å². The molecule has 0 aliphatic carbocycles. The monoisotopic (exact) mass is 282 g/mol. The minimum absolute atomic E-state index is 0.102. The fourth-order valence-electron chi connectivity index (χ4n) is 1.66. The highest BCUT2D eigenvalue weighted by Gasteiger charge is 2.19. The first-order chi connectivity index (χ1) is 9.04. The molecule has 0 aromatic heterocycles. The lowest BCUT2D eigenvalue weighted by molar-refractivity contribution is 0.103. The molecule has 0 saturated heterocycles. The summed E-state index contributed by atoms with van der Waals surface area (Å²) in [5, 5.41) is 0.313.